The molecule has 0 bridgehead atoms. The van der Waals surface area contributed by atoms with Gasteiger partial charge in [0.2, 0.25) is 10.0 Å². The van der Waals surface area contributed by atoms with Crippen molar-refractivity contribution in [2.75, 3.05) is 13.1 Å². The fraction of sp³-hybridized carbons (Fsp3) is 0.500. The van der Waals surface area contributed by atoms with Crippen LogP contribution in [-0.4, -0.2) is 46.9 Å². The van der Waals surface area contributed by atoms with Gasteiger partial charge >= 0.3 is 11.7 Å². The van der Waals surface area contributed by atoms with Crippen molar-refractivity contribution in [1.82, 2.24) is 14.3 Å². The van der Waals surface area contributed by atoms with E-state index in [4.69, 9.17) is 5.11 Å². The summed E-state index contributed by atoms with van der Waals surface area (Å²) < 4.78 is 25.5. The number of aromatic nitrogens is 2. The molecule has 2 heterocycles. The Kier molecular flexibility index (Phi) is 3.77. The summed E-state index contributed by atoms with van der Waals surface area (Å²) in [6.45, 7) is 0.200. The first-order chi connectivity index (χ1) is 9.30. The van der Waals surface area contributed by atoms with Gasteiger partial charge in [0.15, 0.2) is 4.90 Å². The fourth-order valence-corrected chi connectivity index (χ4v) is 3.68. The van der Waals surface area contributed by atoms with Gasteiger partial charge < -0.3 is 10.1 Å². The molecular weight excluding hydrogens is 290 g/mol. The standard InChI is InChI=1S/C10H13N3O6S/c14-8(15)3-6-1-2-13(5-6)20(18,19)7-4-11-10(17)12-9(7)16/h4,6H,1-3,5H2,(H,14,15)(H2,11,12,16,17). The lowest BCUT2D eigenvalue weighted by atomic mass is 10.1. The number of rotatable bonds is 4. The molecule has 110 valence electrons. The summed E-state index contributed by atoms with van der Waals surface area (Å²) in [7, 11) is -4.03. The number of carboxylic acid groups (broad SMARTS) is 1. The average Bonchev–Trinajstić information content (AvgIpc) is 2.76. The molecule has 0 amide bonds. The van der Waals surface area contributed by atoms with E-state index in [0.29, 0.717) is 6.42 Å². The Hall–Kier alpha value is -1.94. The van der Waals surface area contributed by atoms with Gasteiger partial charge in [0, 0.05) is 25.7 Å². The smallest absolute Gasteiger partial charge is 0.325 e. The minimum atomic E-state index is -4.03. The zero-order valence-corrected chi connectivity index (χ0v) is 11.1. The van der Waals surface area contributed by atoms with Crippen LogP contribution in [0.4, 0.5) is 0 Å². The van der Waals surface area contributed by atoms with Gasteiger partial charge in [-0.1, -0.05) is 0 Å². The topological polar surface area (TPSA) is 140 Å². The van der Waals surface area contributed by atoms with Crippen LogP contribution in [-0.2, 0) is 14.8 Å². The van der Waals surface area contributed by atoms with Gasteiger partial charge in [-0.25, -0.2) is 13.2 Å². The van der Waals surface area contributed by atoms with Crippen LogP contribution in [0, 0.1) is 5.92 Å². The van der Waals surface area contributed by atoms with Gasteiger partial charge in [-0.3, -0.25) is 14.6 Å². The van der Waals surface area contributed by atoms with E-state index in [-0.39, 0.29) is 25.4 Å². The number of aromatic amines is 2. The SMILES string of the molecule is O=C(O)CC1CCN(S(=O)(=O)c2c[nH]c(=O)[nH]c2=O)C1. The number of sulfonamides is 1. The summed E-state index contributed by atoms with van der Waals surface area (Å²) in [5, 5.41) is 8.69. The second kappa shape index (κ2) is 5.21. The highest BCUT2D eigenvalue weighted by atomic mass is 32.2. The quantitative estimate of drug-likeness (QED) is 0.621. The Morgan fingerprint density at radius 3 is 2.75 bits per heavy atom. The van der Waals surface area contributed by atoms with Gasteiger partial charge in [-0.15, -0.1) is 0 Å². The van der Waals surface area contributed by atoms with Crippen LogP contribution in [0.5, 0.6) is 0 Å². The highest BCUT2D eigenvalue weighted by Gasteiger charge is 2.34. The number of hydrogen-bond acceptors (Lipinski definition) is 5. The molecule has 0 saturated carbocycles. The zero-order chi connectivity index (χ0) is 14.9. The summed E-state index contributed by atoms with van der Waals surface area (Å²) in [5.41, 5.74) is -1.78. The highest BCUT2D eigenvalue weighted by Crippen LogP contribution is 2.24. The number of nitrogens with zero attached hydrogens (tertiary/aromatic N) is 1. The number of carboxylic acids is 1. The van der Waals surface area contributed by atoms with E-state index in [1.165, 1.54) is 0 Å². The van der Waals surface area contributed by atoms with Gasteiger partial charge in [0.05, 0.1) is 0 Å². The molecule has 1 aromatic rings. The van der Waals surface area contributed by atoms with Crippen LogP contribution < -0.4 is 11.2 Å². The third-order valence-corrected chi connectivity index (χ3v) is 4.99. The molecule has 0 aliphatic carbocycles. The predicted molar refractivity (Wildman–Crippen MR) is 66.8 cm³/mol. The van der Waals surface area contributed by atoms with Gasteiger partial charge in [-0.05, 0) is 12.3 Å². The highest BCUT2D eigenvalue weighted by molar-refractivity contribution is 7.89. The Morgan fingerprint density at radius 1 is 1.45 bits per heavy atom. The maximum Gasteiger partial charge on any atom is 0.325 e. The molecule has 0 spiro atoms. The number of H-pyrrole nitrogens is 2. The molecule has 9 nitrogen and oxygen atoms in total. The van der Waals surface area contributed by atoms with E-state index >= 15 is 0 Å². The van der Waals surface area contributed by atoms with Crippen LogP contribution in [0.2, 0.25) is 0 Å². The molecule has 0 radical (unpaired) electrons. The van der Waals surface area contributed by atoms with Gasteiger partial charge in [0.1, 0.15) is 0 Å². The van der Waals surface area contributed by atoms with Crippen LogP contribution in [0.1, 0.15) is 12.8 Å². The van der Waals surface area contributed by atoms with Crippen molar-refractivity contribution in [1.29, 1.82) is 0 Å². The van der Waals surface area contributed by atoms with E-state index in [1.54, 1.807) is 0 Å². The molecule has 3 N–H and O–H groups in total. The predicted octanol–water partition coefficient (Wildman–Crippen LogP) is -1.45. The summed E-state index contributed by atoms with van der Waals surface area (Å²) >= 11 is 0. The van der Waals surface area contributed by atoms with E-state index in [2.05, 4.69) is 4.98 Å². The van der Waals surface area contributed by atoms with Crippen molar-refractivity contribution in [3.05, 3.63) is 27.0 Å². The lowest BCUT2D eigenvalue weighted by Gasteiger charge is -2.15. The minimum absolute atomic E-state index is 0.0488. The normalized spacial score (nSPS) is 20.1. The Balaban J connectivity index is 2.26. The first kappa shape index (κ1) is 14.5. The third-order valence-electron chi connectivity index (χ3n) is 3.11. The number of hydrogen-bond donors (Lipinski definition) is 3. The minimum Gasteiger partial charge on any atom is -0.481 e. The molecule has 1 fully saturated rings. The molecule has 2 rings (SSSR count). The summed E-state index contributed by atoms with van der Waals surface area (Å²) in [4.78, 5) is 36.4. The largest absolute Gasteiger partial charge is 0.481 e. The van der Waals surface area contributed by atoms with E-state index in [0.717, 1.165) is 10.5 Å². The number of aliphatic carboxylic acids is 1. The van der Waals surface area contributed by atoms with Crippen molar-refractivity contribution in [3.63, 3.8) is 0 Å². The third kappa shape index (κ3) is 2.80. The molecule has 1 aliphatic rings. The van der Waals surface area contributed by atoms with Crippen LogP contribution in [0.15, 0.2) is 20.7 Å². The van der Waals surface area contributed by atoms with Crippen molar-refractivity contribution in [2.45, 2.75) is 17.7 Å². The monoisotopic (exact) mass is 303 g/mol. The first-order valence-electron chi connectivity index (χ1n) is 5.84. The Labute approximate surface area is 113 Å². The first-order valence-corrected chi connectivity index (χ1v) is 7.28. The molecule has 1 aliphatic heterocycles. The second-order valence-corrected chi connectivity index (χ2v) is 6.46. The molecule has 1 saturated heterocycles. The van der Waals surface area contributed by atoms with Crippen molar-refractivity contribution < 1.29 is 18.3 Å². The average molecular weight is 303 g/mol. The van der Waals surface area contributed by atoms with Crippen molar-refractivity contribution in [3.8, 4) is 0 Å². The maximum atomic E-state index is 12.2. The summed E-state index contributed by atoms with van der Waals surface area (Å²) in [5.74, 6) is -1.26. The molecule has 20 heavy (non-hydrogen) atoms. The molecule has 1 aromatic heterocycles. The lowest BCUT2D eigenvalue weighted by Crippen LogP contribution is -2.35. The van der Waals surface area contributed by atoms with Crippen LogP contribution >= 0.6 is 0 Å². The molecular formula is C10H13N3O6S. The van der Waals surface area contributed by atoms with E-state index in [1.807, 2.05) is 4.98 Å². The molecule has 1 atom stereocenters. The Morgan fingerprint density at radius 2 is 2.15 bits per heavy atom. The zero-order valence-electron chi connectivity index (χ0n) is 10.3. The fourth-order valence-electron chi connectivity index (χ4n) is 2.16. The van der Waals surface area contributed by atoms with Crippen LogP contribution in [0.3, 0.4) is 0 Å². The Bertz CT molecular complexity index is 734. The lowest BCUT2D eigenvalue weighted by molar-refractivity contribution is -0.137. The molecule has 10 heteroatoms. The summed E-state index contributed by atoms with van der Waals surface area (Å²) in [6, 6.07) is 0. The van der Waals surface area contributed by atoms with Crippen molar-refractivity contribution >= 4 is 16.0 Å². The van der Waals surface area contributed by atoms with Crippen LogP contribution in [0.25, 0.3) is 0 Å². The van der Waals surface area contributed by atoms with E-state index in [9.17, 15) is 22.8 Å². The summed E-state index contributed by atoms with van der Waals surface area (Å²) in [6.07, 6.45) is 1.15. The molecule has 0 aromatic carbocycles. The van der Waals surface area contributed by atoms with E-state index < -0.39 is 32.1 Å². The number of carbonyl (C=O) groups is 1. The second-order valence-electron chi connectivity index (χ2n) is 4.55. The van der Waals surface area contributed by atoms with Crippen molar-refractivity contribution in [2.24, 2.45) is 5.92 Å². The van der Waals surface area contributed by atoms with Gasteiger partial charge in [-0.2, -0.15) is 4.31 Å². The van der Waals surface area contributed by atoms with Gasteiger partial charge in [0.25, 0.3) is 5.56 Å². The molecule has 1 unspecified atom stereocenters. The maximum absolute atomic E-state index is 12.2. The number of nitrogens with one attached hydrogen (secondary N) is 2.